The van der Waals surface area contributed by atoms with Gasteiger partial charge in [-0.1, -0.05) is 6.92 Å². The van der Waals surface area contributed by atoms with E-state index in [1.807, 2.05) is 11.8 Å². The van der Waals surface area contributed by atoms with Crippen molar-refractivity contribution in [2.24, 2.45) is 0 Å². The molecule has 0 aromatic heterocycles. The van der Waals surface area contributed by atoms with Crippen molar-refractivity contribution in [2.45, 2.75) is 24.3 Å². The topological polar surface area (TPSA) is 32.7 Å². The van der Waals surface area contributed by atoms with Crippen LogP contribution in [0, 0.1) is 0 Å². The zero-order valence-corrected chi connectivity index (χ0v) is 8.80. The normalized spacial score (nSPS) is 42.5. The summed E-state index contributed by atoms with van der Waals surface area (Å²) in [6, 6.07) is 0.253. The molecule has 2 unspecified atom stereocenters. The smallest absolute Gasteiger partial charge is 0.0950 e. The zero-order chi connectivity index (χ0) is 9.26. The van der Waals surface area contributed by atoms with Crippen molar-refractivity contribution in [2.75, 3.05) is 32.1 Å². The minimum absolute atomic E-state index is 0.253. The highest BCUT2D eigenvalue weighted by Gasteiger charge is 2.33. The fourth-order valence-electron chi connectivity index (χ4n) is 2.03. The summed E-state index contributed by atoms with van der Waals surface area (Å²) < 4.78 is 5.26. The predicted octanol–water partition coefficient (Wildman–Crippen LogP) is 0.183. The highest BCUT2D eigenvalue weighted by molar-refractivity contribution is 7.99. The fourth-order valence-corrected chi connectivity index (χ4v) is 3.07. The summed E-state index contributed by atoms with van der Waals surface area (Å²) in [6.45, 7) is 5.66. The maximum Gasteiger partial charge on any atom is 0.0950 e. The van der Waals surface area contributed by atoms with E-state index in [9.17, 15) is 5.11 Å². The second-order valence-corrected chi connectivity index (χ2v) is 5.39. The molecule has 2 fully saturated rings. The molecule has 2 saturated heterocycles. The van der Waals surface area contributed by atoms with E-state index in [0.717, 1.165) is 13.1 Å². The number of aliphatic hydroxyl groups excluding tert-OH is 1. The molecule has 0 aromatic carbocycles. The molecule has 0 spiro atoms. The molecule has 0 bridgehead atoms. The number of rotatable bonds is 1. The van der Waals surface area contributed by atoms with E-state index >= 15 is 0 Å². The second kappa shape index (κ2) is 4.17. The van der Waals surface area contributed by atoms with Crippen LogP contribution in [0.15, 0.2) is 0 Å². The number of hydrogen-bond acceptors (Lipinski definition) is 4. The molecule has 4 heteroatoms. The average Bonchev–Trinajstić information content (AvgIpc) is 2.51. The Balaban J connectivity index is 1.91. The van der Waals surface area contributed by atoms with Crippen LogP contribution >= 0.6 is 11.8 Å². The highest BCUT2D eigenvalue weighted by Crippen LogP contribution is 2.22. The Morgan fingerprint density at radius 3 is 2.92 bits per heavy atom. The van der Waals surface area contributed by atoms with E-state index in [4.69, 9.17) is 4.74 Å². The average molecular weight is 203 g/mol. The van der Waals surface area contributed by atoms with Gasteiger partial charge < -0.3 is 9.84 Å². The van der Waals surface area contributed by atoms with Crippen LogP contribution < -0.4 is 0 Å². The summed E-state index contributed by atoms with van der Waals surface area (Å²) in [6.07, 6.45) is -0.268. The van der Waals surface area contributed by atoms with Crippen LogP contribution in [0.4, 0.5) is 0 Å². The molecule has 0 amide bonds. The third kappa shape index (κ3) is 2.18. The Morgan fingerprint density at radius 1 is 1.46 bits per heavy atom. The molecule has 3 nitrogen and oxygen atoms in total. The van der Waals surface area contributed by atoms with Gasteiger partial charge in [0.15, 0.2) is 0 Å². The second-order valence-electron chi connectivity index (χ2n) is 3.85. The molecule has 13 heavy (non-hydrogen) atoms. The summed E-state index contributed by atoms with van der Waals surface area (Å²) >= 11 is 2.02. The van der Waals surface area contributed by atoms with Crippen molar-refractivity contribution >= 4 is 11.8 Å². The Hall–Kier alpha value is 0.230. The summed E-state index contributed by atoms with van der Waals surface area (Å²) in [7, 11) is 0. The Morgan fingerprint density at radius 2 is 2.31 bits per heavy atom. The maximum atomic E-state index is 9.65. The quantitative estimate of drug-likeness (QED) is 0.659. The highest BCUT2D eigenvalue weighted by atomic mass is 32.2. The van der Waals surface area contributed by atoms with E-state index in [1.165, 1.54) is 5.75 Å². The number of ether oxygens (including phenoxy) is 1. The van der Waals surface area contributed by atoms with Gasteiger partial charge in [-0.05, 0) is 0 Å². The van der Waals surface area contributed by atoms with E-state index < -0.39 is 0 Å². The van der Waals surface area contributed by atoms with Gasteiger partial charge in [0, 0.05) is 24.1 Å². The number of aliphatic hydroxyl groups is 1. The van der Waals surface area contributed by atoms with E-state index in [0.29, 0.717) is 18.5 Å². The van der Waals surface area contributed by atoms with Crippen molar-refractivity contribution in [1.82, 2.24) is 4.90 Å². The first kappa shape index (κ1) is 9.77. The Kier molecular flexibility index (Phi) is 3.14. The minimum atomic E-state index is -0.268. The van der Waals surface area contributed by atoms with Crippen molar-refractivity contribution in [3.05, 3.63) is 0 Å². The maximum absolute atomic E-state index is 9.65. The molecule has 2 aliphatic heterocycles. The molecule has 0 radical (unpaired) electrons. The molecule has 0 saturated carbocycles. The summed E-state index contributed by atoms with van der Waals surface area (Å²) in [5.41, 5.74) is 0. The fraction of sp³-hybridized carbons (Fsp3) is 1.00. The van der Waals surface area contributed by atoms with Crippen molar-refractivity contribution < 1.29 is 9.84 Å². The van der Waals surface area contributed by atoms with E-state index in [1.54, 1.807) is 0 Å². The third-order valence-electron chi connectivity index (χ3n) is 2.76. The minimum Gasteiger partial charge on any atom is -0.389 e. The van der Waals surface area contributed by atoms with Crippen molar-refractivity contribution in [3.8, 4) is 0 Å². The molecule has 2 heterocycles. The van der Waals surface area contributed by atoms with Crippen LogP contribution in [-0.2, 0) is 4.74 Å². The monoisotopic (exact) mass is 203 g/mol. The van der Waals surface area contributed by atoms with Gasteiger partial charge in [-0.2, -0.15) is 11.8 Å². The molecular weight excluding hydrogens is 186 g/mol. The van der Waals surface area contributed by atoms with Gasteiger partial charge in [0.2, 0.25) is 0 Å². The van der Waals surface area contributed by atoms with Gasteiger partial charge in [0.25, 0.3) is 0 Å². The lowest BCUT2D eigenvalue weighted by Crippen LogP contribution is -2.48. The number of hydrogen-bond donors (Lipinski definition) is 1. The van der Waals surface area contributed by atoms with Crippen LogP contribution in [0.1, 0.15) is 6.92 Å². The van der Waals surface area contributed by atoms with Crippen molar-refractivity contribution in [1.29, 1.82) is 0 Å². The van der Waals surface area contributed by atoms with Crippen LogP contribution in [0.3, 0.4) is 0 Å². The summed E-state index contributed by atoms with van der Waals surface area (Å²) in [4.78, 5) is 2.37. The molecule has 76 valence electrons. The van der Waals surface area contributed by atoms with Gasteiger partial charge in [-0.25, -0.2) is 0 Å². The van der Waals surface area contributed by atoms with Crippen LogP contribution in [-0.4, -0.2) is 59.5 Å². The first-order valence-electron chi connectivity index (χ1n) is 4.89. The Labute approximate surface area is 83.4 Å². The first-order chi connectivity index (χ1) is 6.27. The largest absolute Gasteiger partial charge is 0.389 e. The predicted molar refractivity (Wildman–Crippen MR) is 54.1 cm³/mol. The third-order valence-corrected chi connectivity index (χ3v) is 3.90. The van der Waals surface area contributed by atoms with E-state index in [-0.39, 0.29) is 12.1 Å². The van der Waals surface area contributed by atoms with E-state index in [2.05, 4.69) is 11.8 Å². The van der Waals surface area contributed by atoms with Gasteiger partial charge in [-0.3, -0.25) is 4.90 Å². The zero-order valence-electron chi connectivity index (χ0n) is 7.98. The van der Waals surface area contributed by atoms with Crippen LogP contribution in [0.5, 0.6) is 0 Å². The Bertz CT molecular complexity index is 179. The summed E-state index contributed by atoms with van der Waals surface area (Å²) in [5.74, 6) is 1.18. The molecule has 0 aliphatic carbocycles. The van der Waals surface area contributed by atoms with Crippen LogP contribution in [0.2, 0.25) is 0 Å². The van der Waals surface area contributed by atoms with Gasteiger partial charge >= 0.3 is 0 Å². The first-order valence-corrected chi connectivity index (χ1v) is 5.93. The standard InChI is InChI=1S/C9H17NO2S/c1-7-4-10(2-3-13-7)8-5-12-6-9(8)11/h7-9,11H,2-6H2,1H3/t7?,8?,9-/m1/s1. The molecule has 2 rings (SSSR count). The van der Waals surface area contributed by atoms with Gasteiger partial charge in [-0.15, -0.1) is 0 Å². The lowest BCUT2D eigenvalue weighted by atomic mass is 10.1. The number of nitrogens with zero attached hydrogens (tertiary/aromatic N) is 1. The molecular formula is C9H17NO2S. The molecule has 3 atom stereocenters. The van der Waals surface area contributed by atoms with Gasteiger partial charge in [0.1, 0.15) is 0 Å². The summed E-state index contributed by atoms with van der Waals surface area (Å²) in [5, 5.41) is 10.3. The molecule has 0 aromatic rings. The molecule has 1 N–H and O–H groups in total. The SMILES string of the molecule is CC1CN(C2COC[C@H]2O)CCS1. The molecule has 2 aliphatic rings. The lowest BCUT2D eigenvalue weighted by Gasteiger charge is -2.35. The number of thioether (sulfide) groups is 1. The van der Waals surface area contributed by atoms with Crippen LogP contribution in [0.25, 0.3) is 0 Å². The lowest BCUT2D eigenvalue weighted by molar-refractivity contribution is 0.0846. The van der Waals surface area contributed by atoms with Gasteiger partial charge in [0.05, 0.1) is 25.4 Å². The van der Waals surface area contributed by atoms with Crippen molar-refractivity contribution in [3.63, 3.8) is 0 Å².